The third-order valence-electron chi connectivity index (χ3n) is 5.15. The smallest absolute Gasteiger partial charge is 0.332 e. The number of hydrogen-bond donors (Lipinski definition) is 1. The predicted molar refractivity (Wildman–Crippen MR) is 126 cm³/mol. The van der Waals surface area contributed by atoms with Crippen molar-refractivity contribution in [2.75, 3.05) is 13.2 Å². The minimum atomic E-state index is -0.633. The number of aryl methyl sites for hydroxylation is 1. The molecule has 0 saturated carbocycles. The van der Waals surface area contributed by atoms with Crippen molar-refractivity contribution in [2.24, 2.45) is 16.8 Å². The van der Waals surface area contributed by atoms with E-state index in [0.717, 1.165) is 24.2 Å². The molecule has 0 fully saturated rings. The fourth-order valence-electron chi connectivity index (χ4n) is 3.19. The summed E-state index contributed by atoms with van der Waals surface area (Å²) in [5.74, 6) is 0.545. The molecule has 0 aliphatic rings. The molecule has 0 radical (unpaired) electrons. The highest BCUT2D eigenvalue weighted by atomic mass is 16.6. The van der Waals surface area contributed by atoms with Gasteiger partial charge in [-0.15, -0.1) is 0 Å². The first-order chi connectivity index (χ1) is 16.0. The number of amides is 1. The molecular weight excluding hydrogens is 422 g/mol. The lowest BCUT2D eigenvalue weighted by molar-refractivity contribution is 0.0995. The third kappa shape index (κ3) is 6.80. The van der Waals surface area contributed by atoms with Gasteiger partial charge in [-0.2, -0.15) is 0 Å². The van der Waals surface area contributed by atoms with Crippen LogP contribution < -0.4 is 16.2 Å². The highest BCUT2D eigenvalue weighted by molar-refractivity contribution is 5.91. The van der Waals surface area contributed by atoms with Crippen LogP contribution >= 0.6 is 0 Å². The van der Waals surface area contributed by atoms with Crippen LogP contribution in [0.4, 0.5) is 0 Å². The average Bonchev–Trinajstić information content (AvgIpc) is 3.19. The summed E-state index contributed by atoms with van der Waals surface area (Å²) in [6.07, 6.45) is 8.25. The SMILES string of the molecule is CCO/N=C/c1ccc(OCC[C@@H](C)CCn2ccn(-c3ccnc(C(N)=O)c3)c2=O)cc1. The van der Waals surface area contributed by atoms with Crippen molar-refractivity contribution in [3.05, 3.63) is 76.7 Å². The Morgan fingerprint density at radius 1 is 1.21 bits per heavy atom. The molecule has 9 heteroatoms. The maximum Gasteiger partial charge on any atom is 0.332 e. The van der Waals surface area contributed by atoms with Gasteiger partial charge in [0.1, 0.15) is 18.1 Å². The number of ether oxygens (including phenoxy) is 1. The number of primary amides is 1. The summed E-state index contributed by atoms with van der Waals surface area (Å²) >= 11 is 0. The van der Waals surface area contributed by atoms with Crippen molar-refractivity contribution in [1.82, 2.24) is 14.1 Å². The molecule has 0 spiro atoms. The van der Waals surface area contributed by atoms with E-state index < -0.39 is 5.91 Å². The molecular formula is C24H29N5O4. The Bertz CT molecular complexity index is 1130. The molecule has 174 valence electrons. The quantitative estimate of drug-likeness (QED) is 0.336. The van der Waals surface area contributed by atoms with Gasteiger partial charge in [0.05, 0.1) is 18.5 Å². The Kier molecular flexibility index (Phi) is 8.40. The summed E-state index contributed by atoms with van der Waals surface area (Å²) in [6.45, 7) is 5.75. The second-order valence-corrected chi connectivity index (χ2v) is 7.66. The van der Waals surface area contributed by atoms with E-state index in [1.54, 1.807) is 29.2 Å². The van der Waals surface area contributed by atoms with E-state index in [1.807, 2.05) is 31.2 Å². The lowest BCUT2D eigenvalue weighted by Gasteiger charge is -2.12. The predicted octanol–water partition coefficient (Wildman–Crippen LogP) is 3.00. The van der Waals surface area contributed by atoms with Gasteiger partial charge in [-0.05, 0) is 67.6 Å². The van der Waals surface area contributed by atoms with Gasteiger partial charge >= 0.3 is 5.69 Å². The van der Waals surface area contributed by atoms with Crippen LogP contribution in [0.3, 0.4) is 0 Å². The van der Waals surface area contributed by atoms with Crippen LogP contribution in [0.1, 0.15) is 42.7 Å². The largest absolute Gasteiger partial charge is 0.494 e. The molecule has 1 atom stereocenters. The maximum atomic E-state index is 12.7. The first-order valence-electron chi connectivity index (χ1n) is 10.9. The first kappa shape index (κ1) is 23.8. The van der Waals surface area contributed by atoms with Crippen LogP contribution in [-0.2, 0) is 11.4 Å². The molecule has 3 aromatic rings. The number of aromatic nitrogens is 3. The van der Waals surface area contributed by atoms with Crippen molar-refractivity contribution >= 4 is 12.1 Å². The van der Waals surface area contributed by atoms with Crippen molar-refractivity contribution in [1.29, 1.82) is 0 Å². The molecule has 33 heavy (non-hydrogen) atoms. The van der Waals surface area contributed by atoms with Crippen LogP contribution in [0, 0.1) is 5.92 Å². The monoisotopic (exact) mass is 451 g/mol. The Morgan fingerprint density at radius 3 is 2.73 bits per heavy atom. The van der Waals surface area contributed by atoms with Gasteiger partial charge in [-0.3, -0.25) is 18.9 Å². The lowest BCUT2D eigenvalue weighted by Crippen LogP contribution is -2.24. The Labute approximate surface area is 192 Å². The number of carbonyl (C=O) groups is 1. The third-order valence-corrected chi connectivity index (χ3v) is 5.15. The Hall–Kier alpha value is -3.88. The minimum absolute atomic E-state index is 0.119. The molecule has 2 heterocycles. The number of imidazole rings is 1. The van der Waals surface area contributed by atoms with E-state index in [1.165, 1.54) is 16.8 Å². The van der Waals surface area contributed by atoms with Gasteiger partial charge in [0, 0.05) is 25.1 Å². The number of nitrogens with two attached hydrogens (primary N) is 1. The van der Waals surface area contributed by atoms with Gasteiger partial charge < -0.3 is 15.3 Å². The standard InChI is InChI=1S/C24H29N5O4/c1-3-33-27-17-19-4-6-21(7-5-19)32-15-10-18(2)9-12-28-13-14-29(24(28)31)20-8-11-26-22(16-20)23(25)30/h4-8,11,13-14,16-18H,3,9-10,12,15H2,1-2H3,(H2,25,30)/b27-17+/t18-/m0/s1. The van der Waals surface area contributed by atoms with Crippen LogP contribution in [-0.4, -0.2) is 39.5 Å². The first-order valence-corrected chi connectivity index (χ1v) is 10.9. The zero-order valence-corrected chi connectivity index (χ0v) is 18.9. The highest BCUT2D eigenvalue weighted by Gasteiger charge is 2.10. The van der Waals surface area contributed by atoms with Gasteiger partial charge in [0.15, 0.2) is 0 Å². The number of carbonyl (C=O) groups excluding carboxylic acids is 1. The van der Waals surface area contributed by atoms with Crippen LogP contribution in [0.25, 0.3) is 5.69 Å². The van der Waals surface area contributed by atoms with Gasteiger partial charge in [-0.1, -0.05) is 12.1 Å². The normalized spacial score (nSPS) is 12.1. The molecule has 0 saturated heterocycles. The number of benzene rings is 1. The van der Waals surface area contributed by atoms with Crippen molar-refractivity contribution < 1.29 is 14.4 Å². The Balaban J connectivity index is 1.47. The molecule has 0 unspecified atom stereocenters. The van der Waals surface area contributed by atoms with E-state index in [-0.39, 0.29) is 11.4 Å². The highest BCUT2D eigenvalue weighted by Crippen LogP contribution is 2.14. The van der Waals surface area contributed by atoms with E-state index in [4.69, 9.17) is 15.3 Å². The van der Waals surface area contributed by atoms with Crippen LogP contribution in [0.5, 0.6) is 5.75 Å². The maximum absolute atomic E-state index is 12.7. The number of nitrogens with zero attached hydrogens (tertiary/aromatic N) is 4. The molecule has 2 N–H and O–H groups in total. The molecule has 0 aliphatic heterocycles. The lowest BCUT2D eigenvalue weighted by atomic mass is 10.0. The summed E-state index contributed by atoms with van der Waals surface area (Å²) < 4.78 is 8.97. The number of rotatable bonds is 12. The molecule has 1 aromatic carbocycles. The molecule has 0 bridgehead atoms. The molecule has 2 aromatic heterocycles. The zero-order valence-electron chi connectivity index (χ0n) is 18.9. The summed E-state index contributed by atoms with van der Waals surface area (Å²) in [4.78, 5) is 32.9. The number of oxime groups is 1. The summed E-state index contributed by atoms with van der Waals surface area (Å²) in [7, 11) is 0. The zero-order chi connectivity index (χ0) is 23.6. The number of hydrogen-bond acceptors (Lipinski definition) is 6. The molecule has 1 amide bonds. The Morgan fingerprint density at radius 2 is 2.00 bits per heavy atom. The van der Waals surface area contributed by atoms with Gasteiger partial charge in [-0.25, -0.2) is 4.79 Å². The van der Waals surface area contributed by atoms with Gasteiger partial charge in [0.25, 0.3) is 5.91 Å². The van der Waals surface area contributed by atoms with Crippen molar-refractivity contribution in [3.63, 3.8) is 0 Å². The number of pyridine rings is 1. The topological polar surface area (TPSA) is 114 Å². The van der Waals surface area contributed by atoms with Crippen molar-refractivity contribution in [2.45, 2.75) is 33.2 Å². The second kappa shape index (κ2) is 11.7. The molecule has 0 aliphatic carbocycles. The average molecular weight is 452 g/mol. The minimum Gasteiger partial charge on any atom is -0.494 e. The van der Waals surface area contributed by atoms with Crippen molar-refractivity contribution in [3.8, 4) is 11.4 Å². The van der Waals surface area contributed by atoms with Crippen LogP contribution in [0.15, 0.2) is 64.9 Å². The molecule has 3 rings (SSSR count). The molecule has 9 nitrogen and oxygen atoms in total. The van der Waals surface area contributed by atoms with Crippen LogP contribution in [0.2, 0.25) is 0 Å². The van der Waals surface area contributed by atoms with E-state index in [0.29, 0.717) is 31.4 Å². The van der Waals surface area contributed by atoms with E-state index in [2.05, 4.69) is 17.1 Å². The summed E-state index contributed by atoms with van der Waals surface area (Å²) in [6, 6.07) is 10.8. The fourth-order valence-corrected chi connectivity index (χ4v) is 3.19. The summed E-state index contributed by atoms with van der Waals surface area (Å²) in [5, 5.41) is 3.84. The second-order valence-electron chi connectivity index (χ2n) is 7.66. The summed E-state index contributed by atoms with van der Waals surface area (Å²) in [5.41, 5.74) is 6.72. The van der Waals surface area contributed by atoms with E-state index >= 15 is 0 Å². The van der Waals surface area contributed by atoms with Gasteiger partial charge in [0.2, 0.25) is 0 Å². The van der Waals surface area contributed by atoms with E-state index in [9.17, 15) is 9.59 Å². The fraction of sp³-hybridized carbons (Fsp3) is 0.333.